The van der Waals surface area contributed by atoms with E-state index in [0.717, 1.165) is 28.5 Å². The molecule has 0 fully saturated rings. The molecule has 0 aliphatic rings. The Morgan fingerprint density at radius 3 is 1.57 bits per heavy atom. The second-order valence-electron chi connectivity index (χ2n) is 12.6. The first-order chi connectivity index (χ1) is 19.9. The van der Waals surface area contributed by atoms with E-state index < -0.39 is 16.8 Å². The lowest BCUT2D eigenvalue weighted by molar-refractivity contribution is 0.0566. The average Bonchev–Trinajstić information content (AvgIpc) is 3.54. The van der Waals surface area contributed by atoms with Gasteiger partial charge in [-0.1, -0.05) is 11.6 Å². The highest BCUT2D eigenvalue weighted by atomic mass is 35.5. The smallest absolute Gasteiger partial charge is 0.173 e. The second-order valence-corrected chi connectivity index (χ2v) is 12.9. The Bertz CT molecular complexity index is 1410. The fourth-order valence-electron chi connectivity index (χ4n) is 3.54. The van der Waals surface area contributed by atoms with Crippen LogP contribution in [0, 0.1) is 27.7 Å². The van der Waals surface area contributed by atoms with E-state index in [0.29, 0.717) is 36.7 Å². The van der Waals surface area contributed by atoms with Gasteiger partial charge in [0.2, 0.25) is 0 Å². The molecule has 15 nitrogen and oxygen atoms in total. The summed E-state index contributed by atoms with van der Waals surface area (Å²) in [6.45, 7) is 19.2. The number of H-pyrrole nitrogens is 1. The Morgan fingerprint density at radius 1 is 0.750 bits per heavy atom. The molecule has 4 aromatic heterocycles. The van der Waals surface area contributed by atoms with Crippen molar-refractivity contribution in [2.24, 2.45) is 0 Å². The first-order valence-corrected chi connectivity index (χ1v) is 14.3. The van der Waals surface area contributed by atoms with Crippen LogP contribution in [0.15, 0.2) is 18.6 Å². The van der Waals surface area contributed by atoms with E-state index in [1.54, 1.807) is 69.5 Å². The van der Waals surface area contributed by atoms with Gasteiger partial charge < -0.3 is 38.3 Å². The van der Waals surface area contributed by atoms with Crippen molar-refractivity contribution in [3.8, 4) is 0 Å². The molecular formula is C28H51ClN12O3. The number of halogens is 1. The monoisotopic (exact) mass is 638 g/mol. The highest BCUT2D eigenvalue weighted by Gasteiger charge is 2.18. The molecule has 0 aliphatic heterocycles. The maximum atomic E-state index is 9.59. The highest BCUT2D eigenvalue weighted by molar-refractivity contribution is 6.31. The zero-order valence-electron chi connectivity index (χ0n) is 27.5. The molecule has 0 bridgehead atoms. The lowest BCUT2D eigenvalue weighted by Crippen LogP contribution is -2.27. The molecular weight excluding hydrogens is 588 g/mol. The summed E-state index contributed by atoms with van der Waals surface area (Å²) in [5, 5.41) is 47.4. The zero-order chi connectivity index (χ0) is 34.2. The molecule has 4 aromatic rings. The number of rotatable bonds is 6. The number of anilines is 4. The molecule has 0 unspecified atom stereocenters. The van der Waals surface area contributed by atoms with Gasteiger partial charge in [0.25, 0.3) is 0 Å². The molecule has 0 spiro atoms. The predicted molar refractivity (Wildman–Crippen MR) is 176 cm³/mol. The fourth-order valence-corrected chi connectivity index (χ4v) is 3.69. The average molecular weight is 639 g/mol. The van der Waals surface area contributed by atoms with Crippen molar-refractivity contribution in [3.63, 3.8) is 0 Å². The Hall–Kier alpha value is -3.79. The molecule has 0 saturated carbocycles. The molecule has 4 heterocycles. The topological polar surface area (TPSA) is 247 Å². The molecule has 248 valence electrons. The van der Waals surface area contributed by atoms with Gasteiger partial charge in [-0.2, -0.15) is 20.4 Å². The van der Waals surface area contributed by atoms with Gasteiger partial charge in [-0.15, -0.1) is 0 Å². The van der Waals surface area contributed by atoms with Gasteiger partial charge in [-0.05, 0) is 69.2 Å². The number of aromatic nitrogens is 8. The van der Waals surface area contributed by atoms with Crippen LogP contribution in [0.2, 0.25) is 5.15 Å². The van der Waals surface area contributed by atoms with Crippen molar-refractivity contribution in [3.05, 3.63) is 46.5 Å². The van der Waals surface area contributed by atoms with Gasteiger partial charge in [0.1, 0.15) is 0 Å². The van der Waals surface area contributed by atoms with E-state index >= 15 is 0 Å². The summed E-state index contributed by atoms with van der Waals surface area (Å²) in [5.74, 6) is 0. The Balaban J connectivity index is 0.000000297. The van der Waals surface area contributed by atoms with Gasteiger partial charge >= 0.3 is 0 Å². The third kappa shape index (κ3) is 14.1. The van der Waals surface area contributed by atoms with Crippen molar-refractivity contribution in [2.45, 2.75) is 106 Å². The maximum absolute atomic E-state index is 9.59. The van der Waals surface area contributed by atoms with Crippen LogP contribution in [0.4, 0.5) is 22.7 Å². The predicted octanol–water partition coefficient (Wildman–Crippen LogP) is 2.59. The maximum Gasteiger partial charge on any atom is 0.173 e. The molecule has 0 radical (unpaired) electrons. The molecule has 0 amide bonds. The van der Waals surface area contributed by atoms with Crippen LogP contribution in [-0.2, 0) is 19.6 Å². The minimum Gasteiger partial charge on any atom is -0.396 e. The molecule has 12 N–H and O–H groups in total. The highest BCUT2D eigenvalue weighted by Crippen LogP contribution is 2.18. The third-order valence-electron chi connectivity index (χ3n) is 5.65. The molecule has 4 rings (SSSR count). The Morgan fingerprint density at radius 2 is 1.27 bits per heavy atom. The zero-order valence-corrected chi connectivity index (χ0v) is 28.3. The second kappa shape index (κ2) is 15.3. The SMILES string of the molecule is CC(C)(O)Cn1cc(N)c(Cl)n1.CC(C)(O)Cn1cc(N)cn1.Cc1n[nH]c(C)c1N.Cc1nn(CC(C)(C)O)c(C)c1N. The molecule has 16 heteroatoms. The van der Waals surface area contributed by atoms with Crippen molar-refractivity contribution < 1.29 is 15.3 Å². The number of nitrogens with two attached hydrogens (primary N) is 4. The van der Waals surface area contributed by atoms with Crippen LogP contribution in [0.25, 0.3) is 0 Å². The minimum atomic E-state index is -0.804. The number of nitrogen functional groups attached to an aromatic ring is 4. The van der Waals surface area contributed by atoms with E-state index in [1.165, 1.54) is 4.68 Å². The molecule has 0 atom stereocenters. The van der Waals surface area contributed by atoms with E-state index in [-0.39, 0.29) is 5.15 Å². The lowest BCUT2D eigenvalue weighted by atomic mass is 10.1. The van der Waals surface area contributed by atoms with Crippen molar-refractivity contribution >= 4 is 34.4 Å². The van der Waals surface area contributed by atoms with Gasteiger partial charge in [-0.25, -0.2) is 0 Å². The lowest BCUT2D eigenvalue weighted by Gasteiger charge is -2.17. The molecule has 0 aliphatic carbocycles. The van der Waals surface area contributed by atoms with Crippen molar-refractivity contribution in [1.82, 2.24) is 39.5 Å². The van der Waals surface area contributed by atoms with Crippen molar-refractivity contribution in [2.75, 3.05) is 22.9 Å². The summed E-state index contributed by atoms with van der Waals surface area (Å²) >= 11 is 5.62. The molecule has 0 aromatic carbocycles. The van der Waals surface area contributed by atoms with E-state index in [2.05, 4.69) is 25.5 Å². The largest absolute Gasteiger partial charge is 0.396 e. The van der Waals surface area contributed by atoms with E-state index in [4.69, 9.17) is 34.5 Å². The summed E-state index contributed by atoms with van der Waals surface area (Å²) in [6.07, 6.45) is 4.85. The number of aliphatic hydroxyl groups is 3. The summed E-state index contributed by atoms with van der Waals surface area (Å²) in [7, 11) is 0. The number of nitrogens with one attached hydrogen (secondary N) is 1. The Labute approximate surface area is 264 Å². The standard InChI is InChI=1S/C9H17N3O.C7H12ClN3O.C7H13N3O.C5H9N3/c1-6-8(10)7(2)12(11-6)5-9(3,4)13;1-7(2,12)4-11-3-5(9)6(8)10-11;1-7(2,11)5-10-4-6(8)3-9-10;1-3-5(6)4(2)8-7-3/h13H,5,10H2,1-4H3;3,12H,4,9H2,1-2H3;3-4,11H,5,8H2,1-2H3;6H2,1-2H3,(H,7,8). The van der Waals surface area contributed by atoms with Crippen LogP contribution < -0.4 is 22.9 Å². The Kier molecular flexibility index (Phi) is 13.3. The van der Waals surface area contributed by atoms with E-state index in [9.17, 15) is 15.3 Å². The number of hydrogen-bond donors (Lipinski definition) is 8. The normalized spacial score (nSPS) is 11.6. The fraction of sp³-hybridized carbons (Fsp3) is 0.571. The van der Waals surface area contributed by atoms with Crippen LogP contribution >= 0.6 is 11.6 Å². The quantitative estimate of drug-likeness (QED) is 0.152. The molecule has 0 saturated heterocycles. The summed E-state index contributed by atoms with van der Waals surface area (Å²) < 4.78 is 4.89. The number of aromatic amines is 1. The van der Waals surface area contributed by atoms with Crippen LogP contribution in [0.3, 0.4) is 0 Å². The minimum absolute atomic E-state index is 0.277. The summed E-state index contributed by atoms with van der Waals surface area (Å²) in [4.78, 5) is 0. The van der Waals surface area contributed by atoms with Gasteiger partial charge in [0.05, 0.1) is 88.2 Å². The number of aryl methyl sites for hydroxylation is 3. The molecule has 44 heavy (non-hydrogen) atoms. The van der Waals surface area contributed by atoms with Crippen LogP contribution in [0.1, 0.15) is 64.3 Å². The number of hydrogen-bond acceptors (Lipinski definition) is 11. The van der Waals surface area contributed by atoms with E-state index in [1.807, 2.05) is 27.7 Å². The van der Waals surface area contributed by atoms with Crippen LogP contribution in [0.5, 0.6) is 0 Å². The van der Waals surface area contributed by atoms with Gasteiger partial charge in [0, 0.05) is 12.4 Å². The van der Waals surface area contributed by atoms with Crippen molar-refractivity contribution in [1.29, 1.82) is 0 Å². The van der Waals surface area contributed by atoms with Crippen LogP contribution in [-0.4, -0.2) is 71.7 Å². The first kappa shape index (κ1) is 38.2. The summed E-state index contributed by atoms with van der Waals surface area (Å²) in [6, 6.07) is 0. The first-order valence-electron chi connectivity index (χ1n) is 13.9. The van der Waals surface area contributed by atoms with Gasteiger partial charge in [0.15, 0.2) is 5.15 Å². The summed E-state index contributed by atoms with van der Waals surface area (Å²) in [5.41, 5.74) is 26.0. The number of nitrogens with zero attached hydrogens (tertiary/aromatic N) is 7. The third-order valence-corrected chi connectivity index (χ3v) is 5.95. The van der Waals surface area contributed by atoms with Gasteiger partial charge in [-0.3, -0.25) is 19.1 Å².